The highest BCUT2D eigenvalue weighted by Gasteiger charge is 2.31. The van der Waals surface area contributed by atoms with Crippen LogP contribution in [0.5, 0.6) is 5.75 Å². The lowest BCUT2D eigenvalue weighted by molar-refractivity contribution is 0.00213. The lowest BCUT2D eigenvalue weighted by atomic mass is 9.93. The third-order valence-electron chi connectivity index (χ3n) is 2.74. The Morgan fingerprint density at radius 1 is 1.27 bits per heavy atom. The van der Waals surface area contributed by atoms with Gasteiger partial charge >= 0.3 is 0 Å². The van der Waals surface area contributed by atoms with Crippen LogP contribution >= 0.6 is 0 Å². The molecule has 0 saturated carbocycles. The first-order chi connectivity index (χ1) is 7.15. The number of Topliss-reactive ketones (excluding diaryl/α,β-unsaturated/α-hetero) is 1. The van der Waals surface area contributed by atoms with Crippen LogP contribution < -0.4 is 4.74 Å². The van der Waals surface area contributed by atoms with Crippen LogP contribution in [0.1, 0.15) is 35.9 Å². The molecule has 2 atom stereocenters. The summed E-state index contributed by atoms with van der Waals surface area (Å²) in [5.74, 6) is 0.752. The van der Waals surface area contributed by atoms with Crippen LogP contribution in [-0.2, 0) is 4.74 Å². The molecule has 0 spiro atoms. The molecule has 0 amide bonds. The highest BCUT2D eigenvalue weighted by Crippen LogP contribution is 2.36. The van der Waals surface area contributed by atoms with Gasteiger partial charge in [0.05, 0.1) is 13.2 Å². The predicted molar refractivity (Wildman–Crippen MR) is 56.3 cm³/mol. The normalized spacial score (nSPS) is 24.9. The van der Waals surface area contributed by atoms with Gasteiger partial charge in [0.15, 0.2) is 5.78 Å². The predicted octanol–water partition coefficient (Wildman–Crippen LogP) is 2.36. The fraction of sp³-hybridized carbons (Fsp3) is 0.417. The molecule has 2 rings (SSSR count). The van der Waals surface area contributed by atoms with E-state index in [1.165, 1.54) is 0 Å². The van der Waals surface area contributed by atoms with Gasteiger partial charge in [0, 0.05) is 11.1 Å². The second kappa shape index (κ2) is 3.66. The van der Waals surface area contributed by atoms with Crippen molar-refractivity contribution in [1.82, 2.24) is 0 Å². The molecular formula is C12H14O3. The van der Waals surface area contributed by atoms with Gasteiger partial charge in [0.1, 0.15) is 11.9 Å². The van der Waals surface area contributed by atoms with Crippen LogP contribution in [0.15, 0.2) is 18.2 Å². The zero-order valence-electron chi connectivity index (χ0n) is 9.11. The first-order valence-electron chi connectivity index (χ1n) is 5.01. The molecule has 0 aromatic heterocycles. The molecule has 80 valence electrons. The van der Waals surface area contributed by atoms with E-state index in [2.05, 4.69) is 0 Å². The highest BCUT2D eigenvalue weighted by molar-refractivity contribution is 6.02. The average Bonchev–Trinajstić information content (AvgIpc) is 2.25. The van der Waals surface area contributed by atoms with Crippen molar-refractivity contribution in [3.05, 3.63) is 29.3 Å². The standard InChI is InChI=1S/C12H14O3/c1-7-11-9(12(13)8(2)15-7)5-4-6-10(11)14-3/h4-8H,1-3H3/t7-,8-/m0/s1. The SMILES string of the molecule is COc1cccc2c1[C@H](C)O[C@@H](C)C2=O. The number of carbonyl (C=O) groups excluding carboxylic acids is 1. The average molecular weight is 206 g/mol. The summed E-state index contributed by atoms with van der Waals surface area (Å²) in [6, 6.07) is 5.51. The molecule has 0 bridgehead atoms. The summed E-state index contributed by atoms with van der Waals surface area (Å²) in [6.45, 7) is 3.71. The number of hydrogen-bond acceptors (Lipinski definition) is 3. The van der Waals surface area contributed by atoms with Gasteiger partial charge in [-0.2, -0.15) is 0 Å². The van der Waals surface area contributed by atoms with E-state index in [9.17, 15) is 4.79 Å². The van der Waals surface area contributed by atoms with E-state index in [0.29, 0.717) is 0 Å². The van der Waals surface area contributed by atoms with Gasteiger partial charge in [-0.05, 0) is 19.9 Å². The molecular weight excluding hydrogens is 192 g/mol. The topological polar surface area (TPSA) is 35.5 Å². The first kappa shape index (κ1) is 10.2. The molecule has 1 aliphatic heterocycles. The van der Waals surface area contributed by atoms with Crippen LogP contribution in [-0.4, -0.2) is 19.0 Å². The molecule has 0 saturated heterocycles. The lowest BCUT2D eigenvalue weighted by Gasteiger charge is -2.28. The Kier molecular flexibility index (Phi) is 2.49. The second-order valence-electron chi connectivity index (χ2n) is 3.71. The van der Waals surface area contributed by atoms with E-state index >= 15 is 0 Å². The zero-order valence-corrected chi connectivity index (χ0v) is 9.11. The van der Waals surface area contributed by atoms with Gasteiger partial charge in [0.2, 0.25) is 0 Å². The van der Waals surface area contributed by atoms with Gasteiger partial charge < -0.3 is 9.47 Å². The summed E-state index contributed by atoms with van der Waals surface area (Å²) < 4.78 is 10.8. The number of hydrogen-bond donors (Lipinski definition) is 0. The maximum Gasteiger partial charge on any atom is 0.191 e. The summed E-state index contributed by atoms with van der Waals surface area (Å²) in [6.07, 6.45) is -0.455. The molecule has 0 aliphatic carbocycles. The van der Waals surface area contributed by atoms with Crippen LogP contribution in [0.3, 0.4) is 0 Å². The van der Waals surface area contributed by atoms with Crippen molar-refractivity contribution in [2.75, 3.05) is 7.11 Å². The minimum Gasteiger partial charge on any atom is -0.496 e. The fourth-order valence-corrected chi connectivity index (χ4v) is 2.01. The summed E-state index contributed by atoms with van der Waals surface area (Å²) in [5.41, 5.74) is 1.59. The monoisotopic (exact) mass is 206 g/mol. The van der Waals surface area contributed by atoms with Gasteiger partial charge in [0.25, 0.3) is 0 Å². The highest BCUT2D eigenvalue weighted by atomic mass is 16.5. The number of carbonyl (C=O) groups is 1. The third kappa shape index (κ3) is 1.53. The number of benzene rings is 1. The summed E-state index contributed by atoms with van der Waals surface area (Å²) in [4.78, 5) is 11.8. The Labute approximate surface area is 89.0 Å². The molecule has 0 radical (unpaired) electrons. The van der Waals surface area contributed by atoms with Gasteiger partial charge in [-0.1, -0.05) is 12.1 Å². The molecule has 1 heterocycles. The summed E-state index contributed by atoms with van der Waals surface area (Å²) in [5, 5.41) is 0. The first-order valence-corrected chi connectivity index (χ1v) is 5.01. The quantitative estimate of drug-likeness (QED) is 0.707. The van der Waals surface area contributed by atoms with Crippen molar-refractivity contribution in [2.24, 2.45) is 0 Å². The van der Waals surface area contributed by atoms with Gasteiger partial charge in [-0.25, -0.2) is 0 Å². The van der Waals surface area contributed by atoms with Gasteiger partial charge in [-0.3, -0.25) is 4.79 Å². The molecule has 0 fully saturated rings. The molecule has 3 nitrogen and oxygen atoms in total. The van der Waals surface area contributed by atoms with Crippen LogP contribution in [0.4, 0.5) is 0 Å². The largest absolute Gasteiger partial charge is 0.496 e. The van der Waals surface area contributed by atoms with Crippen molar-refractivity contribution < 1.29 is 14.3 Å². The Morgan fingerprint density at radius 2 is 2.00 bits per heavy atom. The summed E-state index contributed by atoms with van der Waals surface area (Å²) in [7, 11) is 1.60. The maximum atomic E-state index is 11.8. The van der Waals surface area contributed by atoms with E-state index in [1.807, 2.05) is 25.1 Å². The third-order valence-corrected chi connectivity index (χ3v) is 2.74. The van der Waals surface area contributed by atoms with E-state index in [1.54, 1.807) is 14.0 Å². The minimum absolute atomic E-state index is 0.0296. The molecule has 0 N–H and O–H groups in total. The van der Waals surface area contributed by atoms with E-state index < -0.39 is 0 Å². The van der Waals surface area contributed by atoms with Crippen molar-refractivity contribution in [1.29, 1.82) is 0 Å². The molecule has 0 unspecified atom stereocenters. The van der Waals surface area contributed by atoms with Crippen molar-refractivity contribution in [3.8, 4) is 5.75 Å². The summed E-state index contributed by atoms with van der Waals surface area (Å²) >= 11 is 0. The Balaban J connectivity index is 2.59. The maximum absolute atomic E-state index is 11.8. The van der Waals surface area contributed by atoms with Crippen LogP contribution in [0.2, 0.25) is 0 Å². The van der Waals surface area contributed by atoms with Crippen molar-refractivity contribution >= 4 is 5.78 Å². The smallest absolute Gasteiger partial charge is 0.191 e. The molecule has 1 aromatic rings. The number of methoxy groups -OCH3 is 1. The number of ketones is 1. The van der Waals surface area contributed by atoms with Crippen molar-refractivity contribution in [2.45, 2.75) is 26.1 Å². The van der Waals surface area contributed by atoms with Gasteiger partial charge in [-0.15, -0.1) is 0 Å². The second-order valence-corrected chi connectivity index (χ2v) is 3.71. The Bertz CT molecular complexity index is 398. The zero-order chi connectivity index (χ0) is 11.0. The Hall–Kier alpha value is -1.35. The lowest BCUT2D eigenvalue weighted by Crippen LogP contribution is -2.29. The minimum atomic E-state index is -0.361. The number of ether oxygens (including phenoxy) is 2. The molecule has 3 heteroatoms. The van der Waals surface area contributed by atoms with E-state index in [0.717, 1.165) is 16.9 Å². The van der Waals surface area contributed by atoms with E-state index in [4.69, 9.17) is 9.47 Å². The number of rotatable bonds is 1. The molecule has 1 aromatic carbocycles. The molecule has 1 aliphatic rings. The fourth-order valence-electron chi connectivity index (χ4n) is 2.01. The Morgan fingerprint density at radius 3 is 2.67 bits per heavy atom. The van der Waals surface area contributed by atoms with Crippen LogP contribution in [0, 0.1) is 0 Å². The van der Waals surface area contributed by atoms with E-state index in [-0.39, 0.29) is 18.0 Å². The van der Waals surface area contributed by atoms with Crippen LogP contribution in [0.25, 0.3) is 0 Å². The van der Waals surface area contributed by atoms with Crippen molar-refractivity contribution in [3.63, 3.8) is 0 Å². The number of fused-ring (bicyclic) bond motifs is 1. The molecule has 15 heavy (non-hydrogen) atoms.